The molecule has 0 saturated carbocycles. The lowest BCUT2D eigenvalue weighted by atomic mass is 9.97. The first kappa shape index (κ1) is 11.1. The van der Waals surface area contributed by atoms with Gasteiger partial charge in [0.15, 0.2) is 0 Å². The quantitative estimate of drug-likeness (QED) is 0.804. The maximum absolute atomic E-state index is 12.9. The van der Waals surface area contributed by atoms with Crippen molar-refractivity contribution in [2.24, 2.45) is 5.92 Å². The summed E-state index contributed by atoms with van der Waals surface area (Å²) in [5, 5.41) is 12.1. The van der Waals surface area contributed by atoms with E-state index in [4.69, 9.17) is 5.11 Å². The molecule has 2 rings (SSSR count). The van der Waals surface area contributed by atoms with Gasteiger partial charge in [-0.1, -0.05) is 6.07 Å². The van der Waals surface area contributed by atoms with Crippen molar-refractivity contribution < 1.29 is 14.3 Å². The number of aliphatic carboxylic acids is 1. The fraction of sp³-hybridized carbons (Fsp3) is 0.417. The minimum Gasteiger partial charge on any atom is -0.481 e. The second-order valence-electron chi connectivity index (χ2n) is 4.23. The molecule has 2 atom stereocenters. The van der Waals surface area contributed by atoms with Crippen LogP contribution in [0.1, 0.15) is 23.6 Å². The van der Waals surface area contributed by atoms with Crippen LogP contribution in [0.2, 0.25) is 0 Å². The van der Waals surface area contributed by atoms with Gasteiger partial charge >= 0.3 is 5.97 Å². The topological polar surface area (TPSA) is 49.3 Å². The minimum absolute atomic E-state index is 0.0294. The zero-order chi connectivity index (χ0) is 11.7. The zero-order valence-corrected chi connectivity index (χ0v) is 9.03. The van der Waals surface area contributed by atoms with Gasteiger partial charge < -0.3 is 10.4 Å². The molecule has 1 fully saturated rings. The Labute approximate surface area is 93.3 Å². The lowest BCUT2D eigenvalue weighted by molar-refractivity contribution is -0.141. The molecule has 0 amide bonds. The van der Waals surface area contributed by atoms with Crippen LogP contribution in [0.3, 0.4) is 0 Å². The van der Waals surface area contributed by atoms with Gasteiger partial charge in [-0.3, -0.25) is 4.79 Å². The highest BCUT2D eigenvalue weighted by molar-refractivity contribution is 5.70. The normalized spacial score (nSPS) is 24.6. The molecule has 1 saturated heterocycles. The number of benzene rings is 1. The van der Waals surface area contributed by atoms with E-state index in [9.17, 15) is 9.18 Å². The minimum atomic E-state index is -0.769. The molecule has 2 N–H and O–H groups in total. The van der Waals surface area contributed by atoms with Gasteiger partial charge in [-0.2, -0.15) is 0 Å². The largest absolute Gasteiger partial charge is 0.481 e. The maximum Gasteiger partial charge on any atom is 0.307 e. The molecule has 0 spiro atoms. The van der Waals surface area contributed by atoms with E-state index in [0.29, 0.717) is 13.0 Å². The molecule has 16 heavy (non-hydrogen) atoms. The Morgan fingerprint density at radius 3 is 2.88 bits per heavy atom. The van der Waals surface area contributed by atoms with Crippen LogP contribution in [0.15, 0.2) is 18.2 Å². The summed E-state index contributed by atoms with van der Waals surface area (Å²) in [6.07, 6.45) is 0.571. The molecule has 0 aliphatic carbocycles. The highest BCUT2D eigenvalue weighted by Crippen LogP contribution is 2.29. The van der Waals surface area contributed by atoms with Crippen molar-refractivity contribution in [2.45, 2.75) is 19.4 Å². The number of hydrogen-bond donors (Lipinski definition) is 2. The van der Waals surface area contributed by atoms with Crippen LogP contribution in [-0.2, 0) is 4.79 Å². The van der Waals surface area contributed by atoms with Crippen molar-refractivity contribution in [1.29, 1.82) is 0 Å². The number of carboxylic acids is 1. The summed E-state index contributed by atoms with van der Waals surface area (Å²) in [6.45, 7) is 2.32. The molecule has 0 aromatic heterocycles. The molecule has 1 aliphatic rings. The number of carbonyl (C=O) groups is 1. The van der Waals surface area contributed by atoms with Crippen LogP contribution in [0.4, 0.5) is 4.39 Å². The average Bonchev–Trinajstić information content (AvgIpc) is 2.66. The molecule has 4 heteroatoms. The summed E-state index contributed by atoms with van der Waals surface area (Å²) < 4.78 is 12.9. The smallest absolute Gasteiger partial charge is 0.307 e. The molecule has 2 unspecified atom stereocenters. The Morgan fingerprint density at radius 2 is 2.31 bits per heavy atom. The van der Waals surface area contributed by atoms with Gasteiger partial charge in [0.05, 0.1) is 5.92 Å². The van der Waals surface area contributed by atoms with E-state index in [-0.39, 0.29) is 17.8 Å². The van der Waals surface area contributed by atoms with Crippen LogP contribution in [0.25, 0.3) is 0 Å². The molecule has 1 aromatic carbocycles. The Kier molecular flexibility index (Phi) is 2.92. The first-order chi connectivity index (χ1) is 7.58. The average molecular weight is 223 g/mol. The van der Waals surface area contributed by atoms with E-state index in [1.807, 2.05) is 6.92 Å². The Balaban J connectivity index is 2.17. The lowest BCUT2D eigenvalue weighted by Crippen LogP contribution is -2.17. The standard InChI is InChI=1S/C12H14FNO2/c1-7-4-9(13)2-3-10(7)11-5-8(6-14-11)12(15)16/h2-4,8,11,14H,5-6H2,1H3,(H,15,16). The van der Waals surface area contributed by atoms with E-state index in [1.54, 1.807) is 6.07 Å². The molecule has 3 nitrogen and oxygen atoms in total. The predicted octanol–water partition coefficient (Wildman–Crippen LogP) is 1.87. The number of aryl methyl sites for hydroxylation is 1. The molecule has 1 aromatic rings. The first-order valence-electron chi connectivity index (χ1n) is 5.30. The first-order valence-corrected chi connectivity index (χ1v) is 5.30. The molecule has 1 heterocycles. The summed E-state index contributed by atoms with van der Waals surface area (Å²) in [5.41, 5.74) is 1.86. The second kappa shape index (κ2) is 4.22. The Bertz CT molecular complexity index is 419. The highest BCUT2D eigenvalue weighted by atomic mass is 19.1. The van der Waals surface area contributed by atoms with Crippen LogP contribution >= 0.6 is 0 Å². The fourth-order valence-electron chi connectivity index (χ4n) is 2.19. The van der Waals surface area contributed by atoms with Crippen LogP contribution in [-0.4, -0.2) is 17.6 Å². The van der Waals surface area contributed by atoms with Gasteiger partial charge in [0.1, 0.15) is 5.82 Å². The highest BCUT2D eigenvalue weighted by Gasteiger charge is 2.30. The summed E-state index contributed by atoms with van der Waals surface area (Å²) in [4.78, 5) is 10.8. The van der Waals surface area contributed by atoms with Gasteiger partial charge in [-0.05, 0) is 36.6 Å². The summed E-state index contributed by atoms with van der Waals surface area (Å²) in [5.74, 6) is -1.36. The van der Waals surface area contributed by atoms with Crippen molar-refractivity contribution in [2.75, 3.05) is 6.54 Å². The van der Waals surface area contributed by atoms with Crippen molar-refractivity contribution >= 4 is 5.97 Å². The summed E-state index contributed by atoms with van der Waals surface area (Å²) in [7, 11) is 0. The molecule has 86 valence electrons. The monoisotopic (exact) mass is 223 g/mol. The molecule has 1 aliphatic heterocycles. The predicted molar refractivity (Wildman–Crippen MR) is 57.6 cm³/mol. The third kappa shape index (κ3) is 2.07. The second-order valence-corrected chi connectivity index (χ2v) is 4.23. The van der Waals surface area contributed by atoms with E-state index in [0.717, 1.165) is 11.1 Å². The third-order valence-corrected chi connectivity index (χ3v) is 3.09. The maximum atomic E-state index is 12.9. The van der Waals surface area contributed by atoms with E-state index in [2.05, 4.69) is 5.32 Å². The summed E-state index contributed by atoms with van der Waals surface area (Å²) in [6, 6.07) is 4.65. The van der Waals surface area contributed by atoms with Gasteiger partial charge in [-0.15, -0.1) is 0 Å². The molecule has 0 radical (unpaired) electrons. The number of hydrogen-bond acceptors (Lipinski definition) is 2. The summed E-state index contributed by atoms with van der Waals surface area (Å²) >= 11 is 0. The number of halogens is 1. The molecular formula is C12H14FNO2. The van der Waals surface area contributed by atoms with E-state index in [1.165, 1.54) is 12.1 Å². The van der Waals surface area contributed by atoms with Gasteiger partial charge in [0, 0.05) is 12.6 Å². The van der Waals surface area contributed by atoms with Gasteiger partial charge in [0.25, 0.3) is 0 Å². The fourth-order valence-corrected chi connectivity index (χ4v) is 2.19. The number of rotatable bonds is 2. The van der Waals surface area contributed by atoms with Crippen LogP contribution in [0, 0.1) is 18.7 Å². The van der Waals surface area contributed by atoms with Crippen LogP contribution < -0.4 is 5.32 Å². The van der Waals surface area contributed by atoms with Crippen molar-refractivity contribution in [3.8, 4) is 0 Å². The van der Waals surface area contributed by atoms with Gasteiger partial charge in [0.2, 0.25) is 0 Å². The van der Waals surface area contributed by atoms with Crippen LogP contribution in [0.5, 0.6) is 0 Å². The SMILES string of the molecule is Cc1cc(F)ccc1C1CC(C(=O)O)CN1. The zero-order valence-electron chi connectivity index (χ0n) is 9.03. The van der Waals surface area contributed by atoms with E-state index < -0.39 is 5.97 Å². The van der Waals surface area contributed by atoms with Crippen molar-refractivity contribution in [3.63, 3.8) is 0 Å². The third-order valence-electron chi connectivity index (χ3n) is 3.09. The molecule has 0 bridgehead atoms. The molecular weight excluding hydrogens is 209 g/mol. The Morgan fingerprint density at radius 1 is 1.56 bits per heavy atom. The lowest BCUT2D eigenvalue weighted by Gasteiger charge is -2.13. The van der Waals surface area contributed by atoms with Crippen molar-refractivity contribution in [3.05, 3.63) is 35.1 Å². The van der Waals surface area contributed by atoms with E-state index >= 15 is 0 Å². The van der Waals surface area contributed by atoms with Gasteiger partial charge in [-0.25, -0.2) is 4.39 Å². The van der Waals surface area contributed by atoms with Crippen molar-refractivity contribution in [1.82, 2.24) is 5.32 Å². The number of carboxylic acid groups (broad SMARTS) is 1. The number of nitrogens with one attached hydrogen (secondary N) is 1. The Hall–Kier alpha value is -1.42.